The summed E-state index contributed by atoms with van der Waals surface area (Å²) in [6, 6.07) is 13.9. The summed E-state index contributed by atoms with van der Waals surface area (Å²) in [5, 5.41) is 14.3. The highest BCUT2D eigenvalue weighted by molar-refractivity contribution is 6.05. The molecule has 0 saturated heterocycles. The SMILES string of the molecule is O=C(N[C@H]1CCCC[C@@H]1O)c1cn(Cc2ccc3ncccc3c2)c2cccnc12. The van der Waals surface area contributed by atoms with Crippen LogP contribution in [0.3, 0.4) is 0 Å². The van der Waals surface area contributed by atoms with Gasteiger partial charge in [-0.3, -0.25) is 14.8 Å². The number of carbonyl (C=O) groups is 1. The quantitative estimate of drug-likeness (QED) is 0.548. The molecule has 5 rings (SSSR count). The second kappa shape index (κ2) is 7.88. The van der Waals surface area contributed by atoms with Crippen LogP contribution >= 0.6 is 0 Å². The number of pyridine rings is 2. The van der Waals surface area contributed by atoms with Gasteiger partial charge in [-0.25, -0.2) is 0 Å². The fourth-order valence-corrected chi connectivity index (χ4v) is 4.37. The number of nitrogens with one attached hydrogen (secondary N) is 1. The van der Waals surface area contributed by atoms with Crippen LogP contribution in [0.1, 0.15) is 41.6 Å². The molecule has 0 aliphatic heterocycles. The average Bonchev–Trinajstić information content (AvgIpc) is 3.14. The third-order valence-electron chi connectivity index (χ3n) is 5.95. The van der Waals surface area contributed by atoms with Crippen LogP contribution in [0.4, 0.5) is 0 Å². The minimum atomic E-state index is -0.477. The molecule has 0 unspecified atom stereocenters. The first kappa shape index (κ1) is 18.8. The van der Waals surface area contributed by atoms with Crippen LogP contribution in [-0.4, -0.2) is 37.7 Å². The normalized spacial score (nSPS) is 19.2. The average molecular weight is 400 g/mol. The van der Waals surface area contributed by atoms with E-state index in [2.05, 4.69) is 38.1 Å². The number of hydrogen-bond donors (Lipinski definition) is 2. The first-order valence-corrected chi connectivity index (χ1v) is 10.5. The Morgan fingerprint density at radius 2 is 1.93 bits per heavy atom. The number of nitrogens with zero attached hydrogens (tertiary/aromatic N) is 3. The Balaban J connectivity index is 1.46. The van der Waals surface area contributed by atoms with Crippen molar-refractivity contribution in [1.29, 1.82) is 0 Å². The third-order valence-corrected chi connectivity index (χ3v) is 5.95. The second-order valence-electron chi connectivity index (χ2n) is 8.00. The van der Waals surface area contributed by atoms with Crippen LogP contribution in [0.15, 0.2) is 61.1 Å². The molecule has 1 aromatic carbocycles. The molecule has 1 saturated carbocycles. The molecule has 2 atom stereocenters. The van der Waals surface area contributed by atoms with Crippen LogP contribution in [0.5, 0.6) is 0 Å². The van der Waals surface area contributed by atoms with Gasteiger partial charge in [0, 0.05) is 30.5 Å². The van der Waals surface area contributed by atoms with E-state index in [4.69, 9.17) is 0 Å². The van der Waals surface area contributed by atoms with Gasteiger partial charge >= 0.3 is 0 Å². The monoisotopic (exact) mass is 400 g/mol. The number of carbonyl (C=O) groups excluding carboxylic acids is 1. The maximum absolute atomic E-state index is 13.0. The van der Waals surface area contributed by atoms with Gasteiger partial charge in [-0.15, -0.1) is 0 Å². The van der Waals surface area contributed by atoms with E-state index in [1.165, 1.54) is 0 Å². The summed E-state index contributed by atoms with van der Waals surface area (Å²) in [5.74, 6) is -0.175. The minimum absolute atomic E-state index is 0.175. The van der Waals surface area contributed by atoms with Crippen molar-refractivity contribution in [2.45, 2.75) is 44.4 Å². The number of aliphatic hydroxyl groups excluding tert-OH is 1. The molecule has 6 nitrogen and oxygen atoms in total. The van der Waals surface area contributed by atoms with Crippen molar-refractivity contribution in [2.75, 3.05) is 0 Å². The maximum atomic E-state index is 13.0. The zero-order valence-electron chi connectivity index (χ0n) is 16.7. The lowest BCUT2D eigenvalue weighted by atomic mass is 9.92. The highest BCUT2D eigenvalue weighted by Gasteiger charge is 2.26. The summed E-state index contributed by atoms with van der Waals surface area (Å²) in [6.07, 6.45) is 8.48. The van der Waals surface area contributed by atoms with Gasteiger partial charge in [0.05, 0.1) is 28.7 Å². The lowest BCUT2D eigenvalue weighted by molar-refractivity contribution is 0.0718. The third kappa shape index (κ3) is 3.55. The van der Waals surface area contributed by atoms with Gasteiger partial charge in [0.2, 0.25) is 0 Å². The number of fused-ring (bicyclic) bond motifs is 2. The molecule has 0 radical (unpaired) electrons. The van der Waals surface area contributed by atoms with Gasteiger partial charge in [0.25, 0.3) is 5.91 Å². The Kier molecular flexibility index (Phi) is 4.93. The molecule has 3 heterocycles. The molecule has 3 aromatic heterocycles. The summed E-state index contributed by atoms with van der Waals surface area (Å²) in [6.45, 7) is 0.631. The molecule has 1 fully saturated rings. The number of aromatic nitrogens is 3. The molecule has 1 aliphatic rings. The smallest absolute Gasteiger partial charge is 0.255 e. The molecule has 6 heteroatoms. The molecule has 152 valence electrons. The maximum Gasteiger partial charge on any atom is 0.255 e. The Morgan fingerprint density at radius 1 is 1.10 bits per heavy atom. The first-order chi connectivity index (χ1) is 14.7. The van der Waals surface area contributed by atoms with Crippen molar-refractivity contribution in [3.05, 3.63) is 72.2 Å². The molecule has 30 heavy (non-hydrogen) atoms. The zero-order chi connectivity index (χ0) is 20.5. The first-order valence-electron chi connectivity index (χ1n) is 10.5. The lowest BCUT2D eigenvalue weighted by Crippen LogP contribution is -2.45. The van der Waals surface area contributed by atoms with E-state index in [0.717, 1.165) is 47.7 Å². The summed E-state index contributed by atoms with van der Waals surface area (Å²) >= 11 is 0. The molecule has 1 aliphatic carbocycles. The van der Waals surface area contributed by atoms with E-state index in [0.29, 0.717) is 17.6 Å². The predicted molar refractivity (Wildman–Crippen MR) is 116 cm³/mol. The summed E-state index contributed by atoms with van der Waals surface area (Å²) in [5.41, 5.74) is 4.24. The van der Waals surface area contributed by atoms with Crippen molar-refractivity contribution < 1.29 is 9.90 Å². The number of amides is 1. The fraction of sp³-hybridized carbons (Fsp3) is 0.292. The second-order valence-corrected chi connectivity index (χ2v) is 8.00. The zero-order valence-corrected chi connectivity index (χ0v) is 16.7. The fourth-order valence-electron chi connectivity index (χ4n) is 4.37. The molecule has 1 amide bonds. The Bertz CT molecular complexity index is 1220. The van der Waals surface area contributed by atoms with Gasteiger partial charge in [0.1, 0.15) is 5.52 Å². The summed E-state index contributed by atoms with van der Waals surface area (Å²) < 4.78 is 2.06. The largest absolute Gasteiger partial charge is 0.391 e. The van der Waals surface area contributed by atoms with E-state index in [1.807, 2.05) is 30.5 Å². The predicted octanol–water partition coefficient (Wildman–Crippen LogP) is 3.67. The number of aliphatic hydroxyl groups is 1. The molecule has 0 bridgehead atoms. The van der Waals surface area contributed by atoms with Crippen molar-refractivity contribution >= 4 is 27.8 Å². The van der Waals surface area contributed by atoms with Crippen molar-refractivity contribution in [3.8, 4) is 0 Å². The number of hydrogen-bond acceptors (Lipinski definition) is 4. The van der Waals surface area contributed by atoms with Crippen molar-refractivity contribution in [3.63, 3.8) is 0 Å². The Labute approximate surface area is 174 Å². The van der Waals surface area contributed by atoms with Crippen molar-refractivity contribution in [2.24, 2.45) is 0 Å². The van der Waals surface area contributed by atoms with Crippen LogP contribution in [0.2, 0.25) is 0 Å². The minimum Gasteiger partial charge on any atom is -0.391 e. The highest BCUT2D eigenvalue weighted by Crippen LogP contribution is 2.23. The van der Waals surface area contributed by atoms with E-state index in [-0.39, 0.29) is 11.9 Å². The van der Waals surface area contributed by atoms with Crippen LogP contribution < -0.4 is 5.32 Å². The van der Waals surface area contributed by atoms with Crippen LogP contribution in [-0.2, 0) is 6.54 Å². The Morgan fingerprint density at radius 3 is 2.83 bits per heavy atom. The summed E-state index contributed by atoms with van der Waals surface area (Å²) in [4.78, 5) is 21.9. The van der Waals surface area contributed by atoms with Gasteiger partial charge in [-0.2, -0.15) is 0 Å². The summed E-state index contributed by atoms with van der Waals surface area (Å²) in [7, 11) is 0. The van der Waals surface area contributed by atoms with E-state index in [1.54, 1.807) is 12.4 Å². The molecule has 2 N–H and O–H groups in total. The van der Waals surface area contributed by atoms with Gasteiger partial charge in [-0.1, -0.05) is 25.0 Å². The van der Waals surface area contributed by atoms with Gasteiger partial charge in [-0.05, 0) is 48.7 Å². The van der Waals surface area contributed by atoms with E-state index in [9.17, 15) is 9.90 Å². The van der Waals surface area contributed by atoms with Gasteiger partial charge in [0.15, 0.2) is 0 Å². The van der Waals surface area contributed by atoms with Crippen LogP contribution in [0, 0.1) is 0 Å². The lowest BCUT2D eigenvalue weighted by Gasteiger charge is -2.28. The topological polar surface area (TPSA) is 80.0 Å². The number of benzene rings is 1. The molecular weight excluding hydrogens is 376 g/mol. The molecular formula is C24H24N4O2. The van der Waals surface area contributed by atoms with Crippen LogP contribution in [0.25, 0.3) is 21.9 Å². The molecule has 4 aromatic rings. The van der Waals surface area contributed by atoms with E-state index >= 15 is 0 Å². The van der Waals surface area contributed by atoms with E-state index < -0.39 is 6.10 Å². The number of rotatable bonds is 4. The standard InChI is InChI=1S/C24H24N4O2/c29-22-8-2-1-6-20(22)27-24(30)18-15-28(21-7-4-12-26-23(18)21)14-16-9-10-19-17(13-16)5-3-11-25-19/h3-5,7,9-13,15,20,22,29H,1-2,6,8,14H2,(H,27,30)/t20-,22-/m0/s1. The Hall–Kier alpha value is -3.25. The molecule has 0 spiro atoms. The van der Waals surface area contributed by atoms with Crippen molar-refractivity contribution in [1.82, 2.24) is 19.9 Å². The highest BCUT2D eigenvalue weighted by atomic mass is 16.3. The van der Waals surface area contributed by atoms with Gasteiger partial charge < -0.3 is 15.0 Å².